The van der Waals surface area contributed by atoms with Crippen molar-refractivity contribution in [3.63, 3.8) is 0 Å². The molecule has 0 aliphatic rings. The first-order valence-corrected chi connectivity index (χ1v) is 9.90. The summed E-state index contributed by atoms with van der Waals surface area (Å²) < 4.78 is 8.13. The van der Waals surface area contributed by atoms with Crippen molar-refractivity contribution < 1.29 is 9.53 Å². The smallest absolute Gasteiger partial charge is 0.279 e. The molecule has 7 nitrogen and oxygen atoms in total. The minimum atomic E-state index is -0.300. The number of carbonyl (C=O) groups excluding carboxylic acids is 1. The summed E-state index contributed by atoms with van der Waals surface area (Å²) in [5, 5.41) is 10.0. The molecule has 0 saturated heterocycles. The Kier molecular flexibility index (Phi) is 6.28. The van der Waals surface area contributed by atoms with Crippen molar-refractivity contribution in [3.8, 4) is 0 Å². The lowest BCUT2D eigenvalue weighted by atomic mass is 10.1. The number of H-pyrrole nitrogens is 1. The highest BCUT2D eigenvalue weighted by molar-refractivity contribution is 9.10. The van der Waals surface area contributed by atoms with E-state index in [-0.39, 0.29) is 11.8 Å². The Hall–Kier alpha value is -2.19. The third-order valence-electron chi connectivity index (χ3n) is 4.28. The molecule has 0 saturated carbocycles. The number of hydrogen-bond acceptors (Lipinski definition) is 4. The van der Waals surface area contributed by atoms with Crippen molar-refractivity contribution in [1.82, 2.24) is 19.7 Å². The van der Waals surface area contributed by atoms with Gasteiger partial charge in [-0.3, -0.25) is 15.2 Å². The summed E-state index contributed by atoms with van der Waals surface area (Å²) in [5.74, 6) is 0.446. The third-order valence-corrected chi connectivity index (χ3v) is 5.08. The number of anilines is 1. The van der Waals surface area contributed by atoms with Gasteiger partial charge in [-0.05, 0) is 47.3 Å². The molecule has 3 rings (SSSR count). The van der Waals surface area contributed by atoms with Gasteiger partial charge < -0.3 is 9.30 Å². The number of aromatic nitrogens is 4. The summed E-state index contributed by atoms with van der Waals surface area (Å²) in [6.07, 6.45) is 0.834. The van der Waals surface area contributed by atoms with E-state index in [2.05, 4.69) is 36.4 Å². The SMILES string of the molecule is CCOCCCn1c(NC(=O)c2n[nH]c(C(C)C)c2Br)nc2ccccc21. The molecule has 3 aromatic rings. The van der Waals surface area contributed by atoms with E-state index >= 15 is 0 Å². The van der Waals surface area contributed by atoms with Gasteiger partial charge in [0.05, 0.1) is 21.2 Å². The summed E-state index contributed by atoms with van der Waals surface area (Å²) in [6.45, 7) is 8.12. The number of carbonyl (C=O) groups is 1. The maximum Gasteiger partial charge on any atom is 0.279 e. The molecule has 8 heteroatoms. The summed E-state index contributed by atoms with van der Waals surface area (Å²) in [5.41, 5.74) is 3.04. The second-order valence-electron chi connectivity index (χ2n) is 6.53. The van der Waals surface area contributed by atoms with Gasteiger partial charge in [-0.15, -0.1) is 0 Å². The van der Waals surface area contributed by atoms with E-state index < -0.39 is 0 Å². The summed E-state index contributed by atoms with van der Waals surface area (Å²) in [7, 11) is 0. The Morgan fingerprint density at radius 1 is 1.37 bits per heavy atom. The van der Waals surface area contributed by atoms with Crippen LogP contribution in [0.4, 0.5) is 5.95 Å². The van der Waals surface area contributed by atoms with Gasteiger partial charge in [-0.2, -0.15) is 5.10 Å². The Labute approximate surface area is 166 Å². The number of nitrogens with one attached hydrogen (secondary N) is 2. The Balaban J connectivity index is 1.86. The molecule has 2 N–H and O–H groups in total. The number of rotatable bonds is 8. The molecule has 27 heavy (non-hydrogen) atoms. The molecular formula is C19H24BrN5O2. The van der Waals surface area contributed by atoms with Gasteiger partial charge in [0, 0.05) is 19.8 Å². The fourth-order valence-electron chi connectivity index (χ4n) is 2.90. The molecule has 0 aliphatic carbocycles. The molecule has 144 valence electrons. The number of amides is 1. The van der Waals surface area contributed by atoms with Crippen LogP contribution in [0.25, 0.3) is 11.0 Å². The maximum atomic E-state index is 12.8. The molecule has 2 aromatic heterocycles. The number of ether oxygens (including phenoxy) is 1. The molecular weight excluding hydrogens is 410 g/mol. The fraction of sp³-hybridized carbons (Fsp3) is 0.421. The van der Waals surface area contributed by atoms with Gasteiger partial charge in [0.25, 0.3) is 5.91 Å². The zero-order valence-corrected chi connectivity index (χ0v) is 17.3. The number of aryl methyl sites for hydroxylation is 1. The predicted molar refractivity (Wildman–Crippen MR) is 109 cm³/mol. The van der Waals surface area contributed by atoms with E-state index in [4.69, 9.17) is 4.74 Å². The second kappa shape index (κ2) is 8.67. The van der Waals surface area contributed by atoms with Crippen molar-refractivity contribution in [3.05, 3.63) is 40.1 Å². The highest BCUT2D eigenvalue weighted by atomic mass is 79.9. The molecule has 0 aliphatic heterocycles. The summed E-state index contributed by atoms with van der Waals surface area (Å²) in [4.78, 5) is 17.4. The topological polar surface area (TPSA) is 84.8 Å². The molecule has 1 aromatic carbocycles. The van der Waals surface area contributed by atoms with Crippen LogP contribution in [0.2, 0.25) is 0 Å². The quantitative estimate of drug-likeness (QED) is 0.517. The van der Waals surface area contributed by atoms with Gasteiger partial charge in [-0.25, -0.2) is 4.98 Å². The number of aromatic amines is 1. The first-order chi connectivity index (χ1) is 13.0. The molecule has 0 fully saturated rings. The lowest BCUT2D eigenvalue weighted by Gasteiger charge is -2.10. The minimum Gasteiger partial charge on any atom is -0.382 e. The zero-order chi connectivity index (χ0) is 19.4. The first-order valence-electron chi connectivity index (χ1n) is 9.11. The number of imidazole rings is 1. The van der Waals surface area contributed by atoms with Crippen molar-refractivity contribution in [2.45, 2.75) is 39.7 Å². The van der Waals surface area contributed by atoms with Gasteiger partial charge in [0.1, 0.15) is 0 Å². The zero-order valence-electron chi connectivity index (χ0n) is 15.8. The monoisotopic (exact) mass is 433 g/mol. The average Bonchev–Trinajstić information content (AvgIpc) is 3.19. The Bertz CT molecular complexity index is 931. The highest BCUT2D eigenvalue weighted by Crippen LogP contribution is 2.27. The van der Waals surface area contributed by atoms with Crippen molar-refractivity contribution in [1.29, 1.82) is 0 Å². The van der Waals surface area contributed by atoms with Crippen LogP contribution in [-0.2, 0) is 11.3 Å². The van der Waals surface area contributed by atoms with E-state index in [0.29, 0.717) is 35.9 Å². The van der Waals surface area contributed by atoms with Crippen LogP contribution in [0, 0.1) is 0 Å². The molecule has 0 bridgehead atoms. The van der Waals surface area contributed by atoms with E-state index in [1.807, 2.05) is 49.6 Å². The fourth-order valence-corrected chi connectivity index (χ4v) is 3.72. The number of fused-ring (bicyclic) bond motifs is 1. The molecule has 0 spiro atoms. The molecule has 0 atom stereocenters. The van der Waals surface area contributed by atoms with Gasteiger partial charge in [-0.1, -0.05) is 26.0 Å². The van der Waals surface area contributed by atoms with Crippen LogP contribution in [0.15, 0.2) is 28.7 Å². The Morgan fingerprint density at radius 3 is 2.85 bits per heavy atom. The van der Waals surface area contributed by atoms with Crippen molar-refractivity contribution in [2.24, 2.45) is 0 Å². The van der Waals surface area contributed by atoms with Crippen LogP contribution in [0.3, 0.4) is 0 Å². The van der Waals surface area contributed by atoms with Crippen LogP contribution in [0.5, 0.6) is 0 Å². The lowest BCUT2D eigenvalue weighted by molar-refractivity contribution is 0.102. The third kappa shape index (κ3) is 4.22. The largest absolute Gasteiger partial charge is 0.382 e. The summed E-state index contributed by atoms with van der Waals surface area (Å²) >= 11 is 3.48. The van der Waals surface area contributed by atoms with Gasteiger partial charge in [0.15, 0.2) is 5.69 Å². The van der Waals surface area contributed by atoms with E-state index in [0.717, 1.165) is 23.1 Å². The van der Waals surface area contributed by atoms with E-state index in [1.165, 1.54) is 0 Å². The molecule has 0 unspecified atom stereocenters. The van der Waals surface area contributed by atoms with Crippen LogP contribution < -0.4 is 5.32 Å². The standard InChI is InChI=1S/C19H24BrN5O2/c1-4-27-11-7-10-25-14-9-6-5-8-13(14)21-19(25)22-18(26)17-15(20)16(12(2)3)23-24-17/h5-6,8-9,12H,4,7,10-11H2,1-3H3,(H,23,24)(H,21,22,26). The summed E-state index contributed by atoms with van der Waals surface area (Å²) in [6, 6.07) is 7.84. The van der Waals surface area contributed by atoms with Gasteiger partial charge in [0.2, 0.25) is 5.95 Å². The molecule has 0 radical (unpaired) electrons. The molecule has 1 amide bonds. The van der Waals surface area contributed by atoms with Crippen LogP contribution >= 0.6 is 15.9 Å². The predicted octanol–water partition coefficient (Wildman–Crippen LogP) is 4.32. The van der Waals surface area contributed by atoms with E-state index in [9.17, 15) is 4.79 Å². The minimum absolute atomic E-state index is 0.233. The molecule has 2 heterocycles. The van der Waals surface area contributed by atoms with Gasteiger partial charge >= 0.3 is 0 Å². The second-order valence-corrected chi connectivity index (χ2v) is 7.33. The maximum absolute atomic E-state index is 12.8. The number of benzene rings is 1. The Morgan fingerprint density at radius 2 is 2.15 bits per heavy atom. The van der Waals surface area contributed by atoms with Crippen molar-refractivity contribution >= 4 is 38.8 Å². The number of hydrogen-bond donors (Lipinski definition) is 2. The number of nitrogens with zero attached hydrogens (tertiary/aromatic N) is 3. The van der Waals surface area contributed by atoms with Crippen LogP contribution in [0.1, 0.15) is 49.3 Å². The van der Waals surface area contributed by atoms with E-state index in [1.54, 1.807) is 0 Å². The van der Waals surface area contributed by atoms with Crippen molar-refractivity contribution in [2.75, 3.05) is 18.5 Å². The van der Waals surface area contributed by atoms with Crippen LogP contribution in [-0.4, -0.2) is 38.9 Å². The highest BCUT2D eigenvalue weighted by Gasteiger charge is 2.21. The average molecular weight is 434 g/mol. The lowest BCUT2D eigenvalue weighted by Crippen LogP contribution is -2.17. The normalized spacial score (nSPS) is 11.4. The number of halogens is 1. The number of para-hydroxylation sites is 2. The first kappa shape index (κ1) is 19.6.